The first kappa shape index (κ1) is 32.8. The Morgan fingerprint density at radius 2 is 0.949 bits per heavy atom. The van der Waals surface area contributed by atoms with Crippen LogP contribution in [0.15, 0.2) is 0 Å². The van der Waals surface area contributed by atoms with Crippen LogP contribution in [-0.2, 0) is 52.8 Å². The lowest BCUT2D eigenvalue weighted by atomic mass is 9.96. The van der Waals surface area contributed by atoms with Crippen LogP contribution in [0.5, 0.6) is 0 Å². The molecule has 0 aromatic carbocycles. The van der Waals surface area contributed by atoms with Crippen LogP contribution in [-0.4, -0.2) is 149 Å². The van der Waals surface area contributed by atoms with E-state index in [4.69, 9.17) is 32.8 Å². The molecule has 3 aliphatic rings. The average molecular weight is 617 g/mol. The third-order valence-electron chi connectivity index (χ3n) is 6.39. The fourth-order valence-electron chi connectivity index (χ4n) is 4.34. The van der Waals surface area contributed by atoms with Crippen molar-refractivity contribution in [3.63, 3.8) is 0 Å². The third-order valence-corrected chi connectivity index (χ3v) is 7.32. The number of aliphatic hydroxyl groups is 6. The van der Waals surface area contributed by atoms with Crippen molar-refractivity contribution >= 4 is 20.8 Å². The molecule has 0 radical (unpaired) electrons. The lowest BCUT2D eigenvalue weighted by Gasteiger charge is -2.47. The van der Waals surface area contributed by atoms with Gasteiger partial charge in [0.05, 0.1) is 18.3 Å². The highest BCUT2D eigenvalue weighted by atomic mass is 32.3. The SMILES string of the molecule is C[C@@H]1O[C@@H](O[C@H]2[C@H](O)[C@H](O[C@@H]3[C@H](O)[C@H](C)O[C@@H](O)[C@H]3OS(=O)(=O)O)O[C@@H](C)[C@H]2O)[C@@H](OS(=O)(=O)O)[C@H](O)[C@@H]1O. The minimum absolute atomic E-state index is 1.18. The van der Waals surface area contributed by atoms with Crippen LogP contribution in [0.4, 0.5) is 0 Å². The van der Waals surface area contributed by atoms with Gasteiger partial charge in [-0.25, -0.2) is 8.37 Å². The minimum Gasteiger partial charge on any atom is -0.388 e. The second kappa shape index (κ2) is 12.3. The van der Waals surface area contributed by atoms with Crippen molar-refractivity contribution in [1.82, 2.24) is 0 Å². The Labute approximate surface area is 222 Å². The van der Waals surface area contributed by atoms with Gasteiger partial charge in [0.15, 0.2) is 31.1 Å². The van der Waals surface area contributed by atoms with E-state index in [1.807, 2.05) is 0 Å². The minimum atomic E-state index is -5.23. The molecule has 3 saturated heterocycles. The molecule has 0 aromatic heterocycles. The molecule has 0 unspecified atom stereocenters. The molecule has 3 heterocycles. The topological polar surface area (TPSA) is 295 Å². The van der Waals surface area contributed by atoms with E-state index in [9.17, 15) is 47.5 Å². The first-order valence-electron chi connectivity index (χ1n) is 11.5. The first-order valence-corrected chi connectivity index (χ1v) is 14.2. The molecular weight excluding hydrogens is 584 g/mol. The number of hydrogen-bond donors (Lipinski definition) is 8. The highest BCUT2D eigenvalue weighted by molar-refractivity contribution is 7.81. The Morgan fingerprint density at radius 3 is 1.51 bits per heavy atom. The number of hydrogen-bond acceptors (Lipinski definition) is 17. The van der Waals surface area contributed by atoms with Crippen LogP contribution in [0.1, 0.15) is 20.8 Å². The monoisotopic (exact) mass is 616 g/mol. The van der Waals surface area contributed by atoms with Gasteiger partial charge in [-0.2, -0.15) is 16.8 Å². The van der Waals surface area contributed by atoms with Gasteiger partial charge in [0, 0.05) is 0 Å². The molecule has 0 amide bonds. The summed E-state index contributed by atoms with van der Waals surface area (Å²) in [5.74, 6) is 0. The Balaban J connectivity index is 1.86. The molecule has 0 spiro atoms. The zero-order valence-electron chi connectivity index (χ0n) is 20.5. The van der Waals surface area contributed by atoms with E-state index in [-0.39, 0.29) is 0 Å². The molecule has 21 heteroatoms. The van der Waals surface area contributed by atoms with Gasteiger partial charge in [-0.1, -0.05) is 0 Å². The van der Waals surface area contributed by atoms with E-state index < -0.39 is 113 Å². The summed E-state index contributed by atoms with van der Waals surface area (Å²) in [7, 11) is -10.4. The third kappa shape index (κ3) is 7.78. The molecular formula is C18H32O19S2. The molecule has 8 N–H and O–H groups in total. The van der Waals surface area contributed by atoms with Crippen molar-refractivity contribution in [2.24, 2.45) is 0 Å². The molecule has 19 nitrogen and oxygen atoms in total. The fraction of sp³-hybridized carbons (Fsp3) is 1.00. The van der Waals surface area contributed by atoms with Crippen molar-refractivity contribution < 1.29 is 88.6 Å². The normalized spacial score (nSPS) is 48.1. The molecule has 0 aliphatic carbocycles. The van der Waals surface area contributed by atoms with Gasteiger partial charge in [0.1, 0.15) is 42.7 Å². The summed E-state index contributed by atoms with van der Waals surface area (Å²) in [4.78, 5) is 0. The molecule has 15 atom stereocenters. The maximum Gasteiger partial charge on any atom is 0.397 e. The lowest BCUT2D eigenvalue weighted by Crippen LogP contribution is -2.66. The average Bonchev–Trinajstić information content (AvgIpc) is 2.80. The molecule has 230 valence electrons. The van der Waals surface area contributed by atoms with Gasteiger partial charge < -0.3 is 54.3 Å². The van der Waals surface area contributed by atoms with Gasteiger partial charge in [0.2, 0.25) is 0 Å². The van der Waals surface area contributed by atoms with Crippen molar-refractivity contribution in [1.29, 1.82) is 0 Å². The number of aliphatic hydroxyl groups excluding tert-OH is 6. The molecule has 3 fully saturated rings. The van der Waals surface area contributed by atoms with Crippen LogP contribution >= 0.6 is 0 Å². The molecule has 0 bridgehead atoms. The summed E-state index contributed by atoms with van der Waals surface area (Å²) in [5.41, 5.74) is 0. The second-order valence-corrected chi connectivity index (χ2v) is 11.4. The lowest BCUT2D eigenvalue weighted by molar-refractivity contribution is -0.371. The molecule has 0 aromatic rings. The van der Waals surface area contributed by atoms with Crippen molar-refractivity contribution in [2.75, 3.05) is 0 Å². The molecule has 39 heavy (non-hydrogen) atoms. The van der Waals surface area contributed by atoms with Crippen LogP contribution in [0.2, 0.25) is 0 Å². The molecule has 0 saturated carbocycles. The summed E-state index contributed by atoms with van der Waals surface area (Å²) in [6, 6.07) is 0. The van der Waals surface area contributed by atoms with E-state index in [0.29, 0.717) is 0 Å². The maximum absolute atomic E-state index is 11.3. The summed E-state index contributed by atoms with van der Waals surface area (Å²) < 4.78 is 98.8. The summed E-state index contributed by atoms with van der Waals surface area (Å²) >= 11 is 0. The standard InChI is InChI=1S/C18H32O19S2/c1-4-7(19)10(22)14(36-38(25,26)27)18(33-4)34-12-8(20)6(3)32-17(11(12)23)35-13-9(21)5(2)31-16(24)15(13)37-39(28,29)30/h4-24H,1-3H3,(H,25,26,27)(H,28,29,30)/t4-,5-,6-,7+,8+,9+,10+,11-,12+,13+,14-,15-,16+,17-,18-/m0/s1. The Hall–Kier alpha value is -0.700. The first-order chi connectivity index (χ1) is 17.8. The van der Waals surface area contributed by atoms with E-state index in [2.05, 4.69) is 8.37 Å². The predicted molar refractivity (Wildman–Crippen MR) is 118 cm³/mol. The van der Waals surface area contributed by atoms with Crippen LogP contribution in [0, 0.1) is 0 Å². The van der Waals surface area contributed by atoms with Crippen LogP contribution in [0.25, 0.3) is 0 Å². The van der Waals surface area contributed by atoms with E-state index in [1.54, 1.807) is 0 Å². The molecule has 3 rings (SSSR count). The Kier molecular flexibility index (Phi) is 10.3. The van der Waals surface area contributed by atoms with Crippen LogP contribution in [0.3, 0.4) is 0 Å². The quantitative estimate of drug-likeness (QED) is 0.119. The van der Waals surface area contributed by atoms with E-state index in [1.165, 1.54) is 20.8 Å². The summed E-state index contributed by atoms with van der Waals surface area (Å²) in [6.07, 6.45) is -26.3. The van der Waals surface area contributed by atoms with Crippen molar-refractivity contribution in [3.8, 4) is 0 Å². The zero-order chi connectivity index (χ0) is 29.6. The highest BCUT2D eigenvalue weighted by Crippen LogP contribution is 2.33. The smallest absolute Gasteiger partial charge is 0.388 e. The number of rotatable bonds is 8. The Morgan fingerprint density at radius 1 is 0.513 bits per heavy atom. The van der Waals surface area contributed by atoms with Crippen LogP contribution < -0.4 is 0 Å². The zero-order valence-corrected chi connectivity index (χ0v) is 22.2. The van der Waals surface area contributed by atoms with E-state index >= 15 is 0 Å². The van der Waals surface area contributed by atoms with Crippen molar-refractivity contribution in [2.45, 2.75) is 113 Å². The van der Waals surface area contributed by atoms with Gasteiger partial charge in [-0.15, -0.1) is 0 Å². The summed E-state index contributed by atoms with van der Waals surface area (Å²) in [6.45, 7) is 3.83. The second-order valence-electron chi connectivity index (χ2n) is 9.28. The van der Waals surface area contributed by atoms with Gasteiger partial charge in [0.25, 0.3) is 0 Å². The largest absolute Gasteiger partial charge is 0.397 e. The molecule has 3 aliphatic heterocycles. The van der Waals surface area contributed by atoms with E-state index in [0.717, 1.165) is 0 Å². The fourth-order valence-corrected chi connectivity index (χ4v) is 5.31. The van der Waals surface area contributed by atoms with Crippen molar-refractivity contribution in [3.05, 3.63) is 0 Å². The predicted octanol–water partition coefficient (Wildman–Crippen LogP) is -4.84. The Bertz CT molecular complexity index is 1040. The van der Waals surface area contributed by atoms with Gasteiger partial charge in [-0.05, 0) is 20.8 Å². The highest BCUT2D eigenvalue weighted by Gasteiger charge is 2.54. The number of ether oxygens (including phenoxy) is 5. The van der Waals surface area contributed by atoms with Gasteiger partial charge >= 0.3 is 20.8 Å². The van der Waals surface area contributed by atoms with Gasteiger partial charge in [-0.3, -0.25) is 9.11 Å². The summed E-state index contributed by atoms with van der Waals surface area (Å²) in [5, 5.41) is 62.5. The maximum atomic E-state index is 11.3.